The van der Waals surface area contributed by atoms with Crippen molar-refractivity contribution in [3.8, 4) is 0 Å². The van der Waals surface area contributed by atoms with Gasteiger partial charge in [-0.15, -0.1) is 11.3 Å². The molecule has 0 fully saturated rings. The third-order valence-electron chi connectivity index (χ3n) is 2.79. The highest BCUT2D eigenvalue weighted by Crippen LogP contribution is 2.26. The van der Waals surface area contributed by atoms with Crippen LogP contribution in [-0.4, -0.2) is 13.1 Å². The van der Waals surface area contributed by atoms with Crippen LogP contribution in [0.2, 0.25) is 0 Å². The lowest BCUT2D eigenvalue weighted by atomic mass is 10.1. The molecule has 2 rings (SSSR count). The van der Waals surface area contributed by atoms with Gasteiger partial charge >= 0.3 is 0 Å². The quantitative estimate of drug-likeness (QED) is 0.748. The molecule has 2 aromatic rings. The number of hydrogen-bond donors (Lipinski definition) is 1. The molecule has 0 bridgehead atoms. The first-order valence-electron chi connectivity index (χ1n) is 6.07. The summed E-state index contributed by atoms with van der Waals surface area (Å²) in [6, 6.07) is 8.69. The van der Waals surface area contributed by atoms with Crippen LogP contribution in [0.3, 0.4) is 0 Å². The molecule has 0 aliphatic carbocycles. The highest BCUT2D eigenvalue weighted by atomic mass is 32.1. The Bertz CT molecular complexity index is 433. The molecule has 0 aliphatic heterocycles. The Balaban J connectivity index is 1.89. The fourth-order valence-corrected chi connectivity index (χ4v) is 2.93. The molecule has 86 valence electrons. The fourth-order valence-electron chi connectivity index (χ4n) is 1.93. The Morgan fingerprint density at radius 2 is 2.06 bits per heavy atom. The fraction of sp³-hybridized carbons (Fsp3) is 0.429. The Kier molecular flexibility index (Phi) is 4.37. The van der Waals surface area contributed by atoms with Crippen LogP contribution in [-0.2, 0) is 6.42 Å². The van der Waals surface area contributed by atoms with E-state index in [1.54, 1.807) is 0 Å². The van der Waals surface area contributed by atoms with Crippen molar-refractivity contribution in [3.05, 3.63) is 35.2 Å². The van der Waals surface area contributed by atoms with Crippen LogP contribution < -0.4 is 5.32 Å². The predicted molar refractivity (Wildman–Crippen MR) is 73.3 cm³/mol. The van der Waals surface area contributed by atoms with Gasteiger partial charge in [-0.2, -0.15) is 0 Å². The zero-order valence-electron chi connectivity index (χ0n) is 9.83. The standard InChI is InChI=1S/C14H19NS/c1-2-9-15-10-5-6-12-11-16-14-8-4-3-7-13(12)14/h3-4,7-8,11,15H,2,5-6,9-10H2,1H3. The third-order valence-corrected chi connectivity index (χ3v) is 3.80. The van der Waals surface area contributed by atoms with Crippen LogP contribution in [0.5, 0.6) is 0 Å². The van der Waals surface area contributed by atoms with Gasteiger partial charge in [-0.1, -0.05) is 25.1 Å². The van der Waals surface area contributed by atoms with Crippen molar-refractivity contribution < 1.29 is 0 Å². The van der Waals surface area contributed by atoms with Gasteiger partial charge in [0.05, 0.1) is 0 Å². The molecule has 2 heteroatoms. The molecule has 1 aromatic carbocycles. The van der Waals surface area contributed by atoms with E-state index in [-0.39, 0.29) is 0 Å². The van der Waals surface area contributed by atoms with E-state index in [9.17, 15) is 0 Å². The van der Waals surface area contributed by atoms with Crippen LogP contribution in [0.4, 0.5) is 0 Å². The summed E-state index contributed by atoms with van der Waals surface area (Å²) in [5, 5.41) is 7.21. The SMILES string of the molecule is CCCNCCCc1csc2ccccc12. The first-order valence-corrected chi connectivity index (χ1v) is 6.95. The lowest BCUT2D eigenvalue weighted by Crippen LogP contribution is -2.16. The largest absolute Gasteiger partial charge is 0.317 e. The first-order chi connectivity index (χ1) is 7.92. The Labute approximate surface area is 101 Å². The zero-order chi connectivity index (χ0) is 11.2. The van der Waals surface area contributed by atoms with Crippen LogP contribution >= 0.6 is 11.3 Å². The smallest absolute Gasteiger partial charge is 0.0345 e. The van der Waals surface area contributed by atoms with Crippen molar-refractivity contribution in [2.45, 2.75) is 26.2 Å². The maximum Gasteiger partial charge on any atom is 0.0345 e. The van der Waals surface area contributed by atoms with Crippen LogP contribution in [0.1, 0.15) is 25.3 Å². The number of nitrogens with one attached hydrogen (secondary N) is 1. The van der Waals surface area contributed by atoms with Gasteiger partial charge in [0, 0.05) is 4.70 Å². The first kappa shape index (κ1) is 11.6. The minimum absolute atomic E-state index is 1.14. The van der Waals surface area contributed by atoms with Gasteiger partial charge in [0.2, 0.25) is 0 Å². The highest BCUT2D eigenvalue weighted by Gasteiger charge is 2.02. The molecule has 16 heavy (non-hydrogen) atoms. The molecular formula is C14H19NS. The van der Waals surface area contributed by atoms with Crippen LogP contribution in [0, 0.1) is 0 Å². The maximum absolute atomic E-state index is 3.45. The molecule has 1 nitrogen and oxygen atoms in total. The van der Waals surface area contributed by atoms with Crippen LogP contribution in [0.15, 0.2) is 29.6 Å². The molecule has 0 spiro atoms. The molecule has 0 radical (unpaired) electrons. The predicted octanol–water partition coefficient (Wildman–Crippen LogP) is 3.83. The second kappa shape index (κ2) is 6.02. The minimum atomic E-state index is 1.14. The summed E-state index contributed by atoms with van der Waals surface area (Å²) in [5.74, 6) is 0. The van der Waals surface area contributed by atoms with Crippen molar-refractivity contribution in [3.63, 3.8) is 0 Å². The highest BCUT2D eigenvalue weighted by molar-refractivity contribution is 7.17. The number of thiophene rings is 1. The molecule has 1 aromatic heterocycles. The van der Waals surface area contributed by atoms with Gasteiger partial charge in [-0.25, -0.2) is 0 Å². The van der Waals surface area contributed by atoms with Crippen molar-refractivity contribution >= 4 is 21.4 Å². The summed E-state index contributed by atoms with van der Waals surface area (Å²) in [6.07, 6.45) is 3.66. The minimum Gasteiger partial charge on any atom is -0.317 e. The number of aryl methyl sites for hydroxylation is 1. The van der Waals surface area contributed by atoms with Gasteiger partial charge in [-0.3, -0.25) is 0 Å². The van der Waals surface area contributed by atoms with Crippen molar-refractivity contribution in [1.82, 2.24) is 5.32 Å². The van der Waals surface area contributed by atoms with Gasteiger partial charge < -0.3 is 5.32 Å². The van der Waals surface area contributed by atoms with Crippen molar-refractivity contribution in [1.29, 1.82) is 0 Å². The van der Waals surface area contributed by atoms with Gasteiger partial charge in [0.15, 0.2) is 0 Å². The molecule has 0 aliphatic rings. The summed E-state index contributed by atoms with van der Waals surface area (Å²) in [5.41, 5.74) is 1.51. The molecule has 1 N–H and O–H groups in total. The lowest BCUT2D eigenvalue weighted by Gasteiger charge is -2.02. The van der Waals surface area contributed by atoms with E-state index in [2.05, 4.69) is 41.9 Å². The van der Waals surface area contributed by atoms with Gasteiger partial charge in [-0.05, 0) is 54.7 Å². The van der Waals surface area contributed by atoms with Gasteiger partial charge in [0.25, 0.3) is 0 Å². The Morgan fingerprint density at radius 1 is 1.19 bits per heavy atom. The van der Waals surface area contributed by atoms with E-state index < -0.39 is 0 Å². The van der Waals surface area contributed by atoms with E-state index in [1.807, 2.05) is 11.3 Å². The average molecular weight is 233 g/mol. The topological polar surface area (TPSA) is 12.0 Å². The molecular weight excluding hydrogens is 214 g/mol. The molecule has 1 heterocycles. The second-order valence-corrected chi connectivity index (χ2v) is 5.02. The molecule has 0 amide bonds. The zero-order valence-corrected chi connectivity index (χ0v) is 10.6. The van der Waals surface area contributed by atoms with E-state index >= 15 is 0 Å². The van der Waals surface area contributed by atoms with Crippen LogP contribution in [0.25, 0.3) is 10.1 Å². The molecule has 0 unspecified atom stereocenters. The monoisotopic (exact) mass is 233 g/mol. The van der Waals surface area contributed by atoms with E-state index in [0.717, 1.165) is 13.1 Å². The van der Waals surface area contributed by atoms with Gasteiger partial charge in [0.1, 0.15) is 0 Å². The second-order valence-electron chi connectivity index (χ2n) is 4.11. The van der Waals surface area contributed by atoms with E-state index in [4.69, 9.17) is 0 Å². The maximum atomic E-state index is 3.45. The summed E-state index contributed by atoms with van der Waals surface area (Å²) in [4.78, 5) is 0. The number of hydrogen-bond acceptors (Lipinski definition) is 2. The summed E-state index contributed by atoms with van der Waals surface area (Å²) >= 11 is 1.86. The Hall–Kier alpha value is -0.860. The summed E-state index contributed by atoms with van der Waals surface area (Å²) < 4.78 is 1.42. The number of benzene rings is 1. The molecule has 0 saturated carbocycles. The number of fused-ring (bicyclic) bond motifs is 1. The van der Waals surface area contributed by atoms with Crippen molar-refractivity contribution in [2.75, 3.05) is 13.1 Å². The summed E-state index contributed by atoms with van der Waals surface area (Å²) in [6.45, 7) is 4.49. The normalized spacial score (nSPS) is 11.1. The average Bonchev–Trinajstić information content (AvgIpc) is 2.73. The molecule has 0 atom stereocenters. The summed E-state index contributed by atoms with van der Waals surface area (Å²) in [7, 11) is 0. The third kappa shape index (κ3) is 2.83. The Morgan fingerprint density at radius 3 is 2.94 bits per heavy atom. The molecule has 0 saturated heterocycles. The lowest BCUT2D eigenvalue weighted by molar-refractivity contribution is 0.641. The van der Waals surface area contributed by atoms with E-state index in [1.165, 1.54) is 34.9 Å². The van der Waals surface area contributed by atoms with Crippen molar-refractivity contribution in [2.24, 2.45) is 0 Å². The number of rotatable bonds is 6. The van der Waals surface area contributed by atoms with E-state index in [0.29, 0.717) is 0 Å².